The number of anilines is 3. The van der Waals surface area contributed by atoms with Gasteiger partial charge in [-0.1, -0.05) is 109 Å². The Bertz CT molecular complexity index is 3200. The SMILES string of the molecule is c1ccc(-c2nc3ccc4cc(N(c5ccc(-c6ccc7ccccc7c6)cc5)c5ccc6c(c5)c5ccccc5n6-c5ccccc5)ccc4c3o2)cc1. The molecule has 0 unspecified atom stereocenters. The van der Waals surface area contributed by atoms with Crippen molar-refractivity contribution in [1.82, 2.24) is 9.55 Å². The fourth-order valence-corrected chi connectivity index (χ4v) is 8.12. The lowest BCUT2D eigenvalue weighted by atomic mass is 10.0. The molecule has 4 heteroatoms. The number of para-hydroxylation sites is 2. The molecule has 0 N–H and O–H groups in total. The van der Waals surface area contributed by atoms with E-state index in [1.165, 1.54) is 43.7 Å². The molecule has 0 saturated heterocycles. The molecule has 0 radical (unpaired) electrons. The summed E-state index contributed by atoms with van der Waals surface area (Å²) in [6.07, 6.45) is 0. The Morgan fingerprint density at radius 1 is 0.400 bits per heavy atom. The van der Waals surface area contributed by atoms with Gasteiger partial charge >= 0.3 is 0 Å². The monoisotopic (exact) mass is 703 g/mol. The molecule has 4 nitrogen and oxygen atoms in total. The summed E-state index contributed by atoms with van der Waals surface area (Å²) in [5.41, 5.74) is 11.7. The van der Waals surface area contributed by atoms with Crippen LogP contribution in [0.1, 0.15) is 0 Å². The van der Waals surface area contributed by atoms with Crippen LogP contribution < -0.4 is 4.90 Å². The average molecular weight is 704 g/mol. The van der Waals surface area contributed by atoms with Gasteiger partial charge in [-0.3, -0.25) is 0 Å². The molecule has 0 amide bonds. The highest BCUT2D eigenvalue weighted by Gasteiger charge is 2.19. The number of nitrogens with zero attached hydrogens (tertiary/aromatic N) is 3. The fourth-order valence-electron chi connectivity index (χ4n) is 8.12. The molecule has 11 rings (SSSR count). The van der Waals surface area contributed by atoms with Crippen LogP contribution in [0.15, 0.2) is 205 Å². The Hall–Kier alpha value is -7.43. The summed E-state index contributed by atoms with van der Waals surface area (Å²) >= 11 is 0. The van der Waals surface area contributed by atoms with E-state index < -0.39 is 0 Å². The molecule has 9 aromatic carbocycles. The van der Waals surface area contributed by atoms with Crippen LogP contribution in [0.5, 0.6) is 0 Å². The van der Waals surface area contributed by atoms with Gasteiger partial charge in [0.25, 0.3) is 0 Å². The van der Waals surface area contributed by atoms with E-state index in [1.807, 2.05) is 30.3 Å². The van der Waals surface area contributed by atoms with E-state index in [4.69, 9.17) is 9.40 Å². The first-order valence-corrected chi connectivity index (χ1v) is 18.6. The maximum Gasteiger partial charge on any atom is 0.227 e. The minimum Gasteiger partial charge on any atom is -0.435 e. The summed E-state index contributed by atoms with van der Waals surface area (Å²) in [6, 6.07) is 71.2. The minimum atomic E-state index is 0.628. The third kappa shape index (κ3) is 5.26. The predicted octanol–water partition coefficient (Wildman–Crippen LogP) is 14.0. The zero-order valence-corrected chi connectivity index (χ0v) is 29.8. The Kier molecular flexibility index (Phi) is 7.14. The highest BCUT2D eigenvalue weighted by molar-refractivity contribution is 6.11. The van der Waals surface area contributed by atoms with E-state index in [-0.39, 0.29) is 0 Å². The van der Waals surface area contributed by atoms with E-state index in [0.29, 0.717) is 5.89 Å². The van der Waals surface area contributed by atoms with Crippen molar-refractivity contribution in [3.05, 3.63) is 200 Å². The van der Waals surface area contributed by atoms with Crippen LogP contribution in [0.2, 0.25) is 0 Å². The highest BCUT2D eigenvalue weighted by atomic mass is 16.3. The Labute approximate surface area is 317 Å². The van der Waals surface area contributed by atoms with E-state index in [2.05, 4.69) is 179 Å². The van der Waals surface area contributed by atoms with Crippen molar-refractivity contribution in [2.75, 3.05) is 4.90 Å². The summed E-state index contributed by atoms with van der Waals surface area (Å²) in [6.45, 7) is 0. The molecule has 0 aliphatic carbocycles. The predicted molar refractivity (Wildman–Crippen MR) is 229 cm³/mol. The normalized spacial score (nSPS) is 11.6. The van der Waals surface area contributed by atoms with Crippen LogP contribution >= 0.6 is 0 Å². The Balaban J connectivity index is 1.08. The smallest absolute Gasteiger partial charge is 0.227 e. The second kappa shape index (κ2) is 12.6. The number of rotatable bonds is 6. The zero-order chi connectivity index (χ0) is 36.3. The molecule has 11 aromatic rings. The molecule has 0 spiro atoms. The lowest BCUT2D eigenvalue weighted by molar-refractivity contribution is 0.623. The molecule has 0 aliphatic heterocycles. The maximum atomic E-state index is 6.42. The van der Waals surface area contributed by atoms with Crippen LogP contribution in [0.25, 0.3) is 82.7 Å². The third-order valence-electron chi connectivity index (χ3n) is 10.8. The lowest BCUT2D eigenvalue weighted by Gasteiger charge is -2.26. The Morgan fingerprint density at radius 2 is 1.05 bits per heavy atom. The lowest BCUT2D eigenvalue weighted by Crippen LogP contribution is -2.10. The molecular formula is C51H33N3O. The van der Waals surface area contributed by atoms with E-state index >= 15 is 0 Å². The van der Waals surface area contributed by atoms with E-state index in [9.17, 15) is 0 Å². The molecule has 0 saturated carbocycles. The topological polar surface area (TPSA) is 34.2 Å². The maximum absolute atomic E-state index is 6.42. The average Bonchev–Trinajstić information content (AvgIpc) is 3.84. The number of aromatic nitrogens is 2. The molecule has 2 heterocycles. The van der Waals surface area contributed by atoms with Gasteiger partial charge in [0.05, 0.1) is 11.0 Å². The highest BCUT2D eigenvalue weighted by Crippen LogP contribution is 2.42. The molecule has 2 aromatic heterocycles. The molecule has 258 valence electrons. The molecule has 0 fully saturated rings. The van der Waals surface area contributed by atoms with Gasteiger partial charge in [0.2, 0.25) is 5.89 Å². The van der Waals surface area contributed by atoms with Crippen LogP contribution in [0, 0.1) is 0 Å². The van der Waals surface area contributed by atoms with Crippen LogP contribution in [-0.4, -0.2) is 9.55 Å². The second-order valence-electron chi connectivity index (χ2n) is 14.0. The van der Waals surface area contributed by atoms with Crippen LogP contribution in [0.4, 0.5) is 17.1 Å². The van der Waals surface area contributed by atoms with Gasteiger partial charge in [-0.15, -0.1) is 0 Å². The fraction of sp³-hybridized carbons (Fsp3) is 0. The van der Waals surface area contributed by atoms with Crippen molar-refractivity contribution >= 4 is 71.5 Å². The van der Waals surface area contributed by atoms with E-state index in [0.717, 1.165) is 50.2 Å². The number of hydrogen-bond acceptors (Lipinski definition) is 3. The summed E-state index contributed by atoms with van der Waals surface area (Å²) in [7, 11) is 0. The van der Waals surface area contributed by atoms with Gasteiger partial charge in [0.1, 0.15) is 5.52 Å². The summed E-state index contributed by atoms with van der Waals surface area (Å²) in [5, 5.41) is 7.02. The van der Waals surface area contributed by atoms with Gasteiger partial charge in [-0.2, -0.15) is 0 Å². The van der Waals surface area contributed by atoms with Gasteiger partial charge in [-0.05, 0) is 118 Å². The summed E-state index contributed by atoms with van der Waals surface area (Å²) in [5.74, 6) is 0.628. The van der Waals surface area contributed by atoms with Crippen molar-refractivity contribution in [2.45, 2.75) is 0 Å². The van der Waals surface area contributed by atoms with Gasteiger partial charge < -0.3 is 13.9 Å². The number of fused-ring (bicyclic) bond motifs is 7. The first kappa shape index (κ1) is 31.1. The second-order valence-corrected chi connectivity index (χ2v) is 14.0. The first-order valence-electron chi connectivity index (χ1n) is 18.6. The van der Waals surface area contributed by atoms with Crippen molar-refractivity contribution in [1.29, 1.82) is 0 Å². The third-order valence-corrected chi connectivity index (χ3v) is 10.8. The van der Waals surface area contributed by atoms with Crippen molar-refractivity contribution in [3.8, 4) is 28.3 Å². The molecule has 55 heavy (non-hydrogen) atoms. The Morgan fingerprint density at radius 3 is 1.91 bits per heavy atom. The number of hydrogen-bond donors (Lipinski definition) is 0. The van der Waals surface area contributed by atoms with Gasteiger partial charge in [0.15, 0.2) is 5.58 Å². The quantitative estimate of drug-likeness (QED) is 0.173. The number of benzene rings is 9. The largest absolute Gasteiger partial charge is 0.435 e. The van der Waals surface area contributed by atoms with Gasteiger partial charge in [0, 0.05) is 44.5 Å². The first-order chi connectivity index (χ1) is 27.2. The summed E-state index contributed by atoms with van der Waals surface area (Å²) < 4.78 is 8.78. The standard InChI is InChI=1S/C51H33N3O/c1-3-12-36(13-4-1)51-52-47-29-23-39-32-42(26-28-44(39)50(47)55-51)53(41-24-21-35(22-25-41)38-20-19-34-11-7-8-14-37(34)31-38)43-27-30-49-46(33-43)45-17-9-10-18-48(45)54(49)40-15-5-2-6-16-40/h1-33H. The molecular weight excluding hydrogens is 671 g/mol. The molecule has 0 atom stereocenters. The van der Waals surface area contributed by atoms with Crippen molar-refractivity contribution in [3.63, 3.8) is 0 Å². The van der Waals surface area contributed by atoms with E-state index in [1.54, 1.807) is 0 Å². The van der Waals surface area contributed by atoms with Crippen LogP contribution in [-0.2, 0) is 0 Å². The number of oxazole rings is 1. The molecule has 0 aliphatic rings. The van der Waals surface area contributed by atoms with Crippen molar-refractivity contribution < 1.29 is 4.42 Å². The molecule has 0 bridgehead atoms. The zero-order valence-electron chi connectivity index (χ0n) is 29.8. The van der Waals surface area contributed by atoms with Crippen LogP contribution in [0.3, 0.4) is 0 Å². The summed E-state index contributed by atoms with van der Waals surface area (Å²) in [4.78, 5) is 7.19. The van der Waals surface area contributed by atoms with Gasteiger partial charge in [-0.25, -0.2) is 4.98 Å². The van der Waals surface area contributed by atoms with Crippen molar-refractivity contribution in [2.24, 2.45) is 0 Å². The minimum absolute atomic E-state index is 0.628.